The van der Waals surface area contributed by atoms with E-state index in [1.807, 2.05) is 13.8 Å². The van der Waals surface area contributed by atoms with Gasteiger partial charge in [0.05, 0.1) is 32.0 Å². The molecule has 0 spiro atoms. The first kappa shape index (κ1) is 19.2. The molecule has 0 atom stereocenters. The molecule has 3 rings (SSSR count). The van der Waals surface area contributed by atoms with Gasteiger partial charge in [0.25, 0.3) is 5.91 Å². The lowest BCUT2D eigenvalue weighted by Crippen LogP contribution is -2.55. The summed E-state index contributed by atoms with van der Waals surface area (Å²) in [6.07, 6.45) is 0. The molecule has 2 saturated heterocycles. The van der Waals surface area contributed by atoms with Crippen molar-refractivity contribution in [1.82, 2.24) is 9.21 Å². The molecule has 2 heterocycles. The molecule has 1 amide bonds. The Morgan fingerprint density at radius 2 is 1.77 bits per heavy atom. The second-order valence-electron chi connectivity index (χ2n) is 6.98. The van der Waals surface area contributed by atoms with Crippen LogP contribution in [0.4, 0.5) is 4.39 Å². The number of benzene rings is 1. The van der Waals surface area contributed by atoms with Crippen LogP contribution >= 0.6 is 0 Å². The molecule has 0 saturated carbocycles. The van der Waals surface area contributed by atoms with Gasteiger partial charge in [-0.05, 0) is 32.0 Å². The van der Waals surface area contributed by atoms with E-state index in [1.54, 1.807) is 4.90 Å². The topological polar surface area (TPSA) is 76.2 Å². The fourth-order valence-electron chi connectivity index (χ4n) is 3.15. The molecule has 0 N–H and O–H groups in total. The Hall–Kier alpha value is -1.55. The Bertz CT molecular complexity index is 790. The lowest BCUT2D eigenvalue weighted by atomic mass is 10.0. The number of morpholine rings is 2. The van der Waals surface area contributed by atoms with Gasteiger partial charge < -0.3 is 14.4 Å². The van der Waals surface area contributed by atoms with Crippen molar-refractivity contribution in [2.75, 3.05) is 46.1 Å². The molecule has 0 aromatic heterocycles. The van der Waals surface area contributed by atoms with Crippen LogP contribution in [0.1, 0.15) is 24.2 Å². The number of rotatable bonds is 3. The number of carbonyl (C=O) groups excluding carboxylic acids is 1. The first-order valence-corrected chi connectivity index (χ1v) is 9.95. The van der Waals surface area contributed by atoms with E-state index in [2.05, 4.69) is 0 Å². The Morgan fingerprint density at radius 3 is 2.42 bits per heavy atom. The largest absolute Gasteiger partial charge is 0.379 e. The van der Waals surface area contributed by atoms with Crippen LogP contribution in [-0.2, 0) is 19.5 Å². The number of carbonyl (C=O) groups is 1. The SMILES string of the molecule is CC1(C)COCCN1C(=O)c1ccc(F)c(S(=O)(=O)N2CCOCC2)c1. The quantitative estimate of drug-likeness (QED) is 0.778. The second kappa shape index (κ2) is 7.22. The third-order valence-corrected chi connectivity index (χ3v) is 6.57. The molecule has 2 aliphatic heterocycles. The van der Waals surface area contributed by atoms with Crippen molar-refractivity contribution in [1.29, 1.82) is 0 Å². The third kappa shape index (κ3) is 3.62. The minimum Gasteiger partial charge on any atom is -0.379 e. The summed E-state index contributed by atoms with van der Waals surface area (Å²) in [7, 11) is -4.03. The highest BCUT2D eigenvalue weighted by atomic mass is 32.2. The summed E-state index contributed by atoms with van der Waals surface area (Å²) in [5.41, 5.74) is -0.374. The smallest absolute Gasteiger partial charge is 0.254 e. The van der Waals surface area contributed by atoms with Gasteiger partial charge in [-0.3, -0.25) is 4.79 Å². The van der Waals surface area contributed by atoms with Gasteiger partial charge in [0.15, 0.2) is 0 Å². The van der Waals surface area contributed by atoms with Crippen LogP contribution in [0.3, 0.4) is 0 Å². The first-order valence-electron chi connectivity index (χ1n) is 8.51. The average Bonchev–Trinajstić information content (AvgIpc) is 2.62. The third-order valence-electron chi connectivity index (χ3n) is 4.66. The fourth-order valence-corrected chi connectivity index (χ4v) is 4.65. The number of ether oxygens (including phenoxy) is 2. The molecule has 0 radical (unpaired) electrons. The van der Waals surface area contributed by atoms with Crippen LogP contribution in [0.5, 0.6) is 0 Å². The number of hydrogen-bond donors (Lipinski definition) is 0. The maximum absolute atomic E-state index is 14.3. The summed E-state index contributed by atoms with van der Waals surface area (Å²) < 4.78 is 51.6. The van der Waals surface area contributed by atoms with E-state index >= 15 is 0 Å². The van der Waals surface area contributed by atoms with Crippen molar-refractivity contribution in [2.45, 2.75) is 24.3 Å². The zero-order chi connectivity index (χ0) is 18.9. The molecule has 0 aliphatic carbocycles. The van der Waals surface area contributed by atoms with E-state index in [0.717, 1.165) is 12.1 Å². The van der Waals surface area contributed by atoms with Gasteiger partial charge in [-0.1, -0.05) is 0 Å². The molecule has 2 fully saturated rings. The van der Waals surface area contributed by atoms with Crippen molar-refractivity contribution in [3.05, 3.63) is 29.6 Å². The van der Waals surface area contributed by atoms with Gasteiger partial charge in [0.2, 0.25) is 10.0 Å². The second-order valence-corrected chi connectivity index (χ2v) is 8.89. The standard InChI is InChI=1S/C17H23FN2O5S/c1-17(2)12-25-10-7-20(17)16(21)13-3-4-14(18)15(11-13)26(22,23)19-5-8-24-9-6-19/h3-4,11H,5-10,12H2,1-2H3. The van der Waals surface area contributed by atoms with Crippen LogP contribution in [-0.4, -0.2) is 75.1 Å². The predicted molar refractivity (Wildman–Crippen MR) is 91.9 cm³/mol. The van der Waals surface area contributed by atoms with Crippen LogP contribution < -0.4 is 0 Å². The minimum absolute atomic E-state index is 0.146. The van der Waals surface area contributed by atoms with E-state index in [1.165, 1.54) is 10.4 Å². The molecule has 0 unspecified atom stereocenters. The van der Waals surface area contributed by atoms with Crippen molar-refractivity contribution in [3.8, 4) is 0 Å². The number of nitrogens with zero attached hydrogens (tertiary/aromatic N) is 2. The van der Waals surface area contributed by atoms with Crippen LogP contribution in [0.2, 0.25) is 0 Å². The van der Waals surface area contributed by atoms with E-state index in [-0.39, 0.29) is 37.8 Å². The van der Waals surface area contributed by atoms with Crippen LogP contribution in [0.25, 0.3) is 0 Å². The lowest BCUT2D eigenvalue weighted by molar-refractivity contribution is -0.0370. The summed E-state index contributed by atoms with van der Waals surface area (Å²) in [5.74, 6) is -1.20. The van der Waals surface area contributed by atoms with Gasteiger partial charge in [-0.2, -0.15) is 4.31 Å². The van der Waals surface area contributed by atoms with Crippen molar-refractivity contribution >= 4 is 15.9 Å². The highest BCUT2D eigenvalue weighted by Gasteiger charge is 2.36. The van der Waals surface area contributed by atoms with E-state index in [0.29, 0.717) is 19.8 Å². The van der Waals surface area contributed by atoms with Gasteiger partial charge in [-0.25, -0.2) is 12.8 Å². The summed E-state index contributed by atoms with van der Waals surface area (Å²) in [4.78, 5) is 14.1. The normalized spacial score (nSPS) is 21.6. The van der Waals surface area contributed by atoms with Gasteiger partial charge in [-0.15, -0.1) is 0 Å². The van der Waals surface area contributed by atoms with E-state index in [4.69, 9.17) is 9.47 Å². The number of sulfonamides is 1. The Morgan fingerprint density at radius 1 is 1.12 bits per heavy atom. The molecule has 1 aromatic rings. The van der Waals surface area contributed by atoms with Crippen molar-refractivity contribution in [3.63, 3.8) is 0 Å². The Balaban J connectivity index is 1.93. The van der Waals surface area contributed by atoms with Crippen molar-refractivity contribution < 1.29 is 27.1 Å². The zero-order valence-corrected chi connectivity index (χ0v) is 15.7. The van der Waals surface area contributed by atoms with Crippen LogP contribution in [0, 0.1) is 5.82 Å². The molecule has 0 bridgehead atoms. The highest BCUT2D eigenvalue weighted by Crippen LogP contribution is 2.25. The summed E-state index contributed by atoms with van der Waals surface area (Å²) in [5, 5.41) is 0. The molecule has 26 heavy (non-hydrogen) atoms. The Labute approximate surface area is 152 Å². The predicted octanol–water partition coefficient (Wildman–Crippen LogP) is 1.10. The molecular formula is C17H23FN2O5S. The van der Waals surface area contributed by atoms with Gasteiger partial charge in [0, 0.05) is 25.2 Å². The van der Waals surface area contributed by atoms with Crippen LogP contribution in [0.15, 0.2) is 23.1 Å². The molecular weight excluding hydrogens is 363 g/mol. The monoisotopic (exact) mass is 386 g/mol. The summed E-state index contributed by atoms with van der Waals surface area (Å²) in [6.45, 7) is 5.80. The Kier molecular flexibility index (Phi) is 5.34. The molecule has 2 aliphatic rings. The lowest BCUT2D eigenvalue weighted by Gasteiger charge is -2.42. The highest BCUT2D eigenvalue weighted by molar-refractivity contribution is 7.89. The zero-order valence-electron chi connectivity index (χ0n) is 14.9. The van der Waals surface area contributed by atoms with Gasteiger partial charge in [0.1, 0.15) is 10.7 Å². The number of halogens is 1. The minimum atomic E-state index is -4.03. The first-order chi connectivity index (χ1) is 12.2. The molecule has 144 valence electrons. The van der Waals surface area contributed by atoms with Gasteiger partial charge >= 0.3 is 0 Å². The average molecular weight is 386 g/mol. The maximum Gasteiger partial charge on any atom is 0.254 e. The summed E-state index contributed by atoms with van der Waals surface area (Å²) >= 11 is 0. The maximum atomic E-state index is 14.3. The van der Waals surface area contributed by atoms with E-state index in [9.17, 15) is 17.6 Å². The number of hydrogen-bond acceptors (Lipinski definition) is 5. The van der Waals surface area contributed by atoms with Crippen molar-refractivity contribution in [2.24, 2.45) is 0 Å². The summed E-state index contributed by atoms with van der Waals surface area (Å²) in [6, 6.07) is 3.49. The molecule has 9 heteroatoms. The number of amides is 1. The molecule has 1 aromatic carbocycles. The fraction of sp³-hybridized carbons (Fsp3) is 0.588. The van der Waals surface area contributed by atoms with E-state index < -0.39 is 26.3 Å². The molecule has 7 nitrogen and oxygen atoms in total.